The molecule has 0 aliphatic carbocycles. The second-order valence-corrected chi connectivity index (χ2v) is 5.68. The monoisotopic (exact) mass is 333 g/mol. The molecular weight excluding hydrogens is 318 g/mol. The normalized spacial score (nSPS) is 10.3. The van der Waals surface area contributed by atoms with Crippen molar-refractivity contribution in [2.24, 2.45) is 0 Å². The van der Waals surface area contributed by atoms with Crippen LogP contribution < -0.4 is 5.32 Å². The summed E-state index contributed by atoms with van der Waals surface area (Å²) < 4.78 is 0.992. The Morgan fingerprint density at radius 3 is 2.40 bits per heavy atom. The molecule has 0 aliphatic heterocycles. The summed E-state index contributed by atoms with van der Waals surface area (Å²) in [4.78, 5) is 12.1. The number of anilines is 1. The Kier molecular flexibility index (Phi) is 4.45. The van der Waals surface area contributed by atoms with Crippen LogP contribution in [0.4, 0.5) is 5.69 Å². The number of phenolic OH excluding ortho intramolecular Hbond substituents is 1. The first-order valence-electron chi connectivity index (χ1n) is 6.31. The summed E-state index contributed by atoms with van der Waals surface area (Å²) >= 11 is 3.43. The highest BCUT2D eigenvalue weighted by atomic mass is 79.9. The van der Waals surface area contributed by atoms with Crippen molar-refractivity contribution in [3.63, 3.8) is 0 Å². The van der Waals surface area contributed by atoms with Gasteiger partial charge >= 0.3 is 0 Å². The smallest absolute Gasteiger partial charge is 0.228 e. The van der Waals surface area contributed by atoms with Crippen LogP contribution in [0.25, 0.3) is 0 Å². The van der Waals surface area contributed by atoms with Gasteiger partial charge in [-0.25, -0.2) is 0 Å². The average molecular weight is 334 g/mol. The molecule has 0 saturated heterocycles. The number of amides is 1. The highest BCUT2D eigenvalue weighted by molar-refractivity contribution is 9.10. The van der Waals surface area contributed by atoms with Crippen molar-refractivity contribution in [3.05, 3.63) is 57.6 Å². The number of para-hydroxylation sites is 1. The van der Waals surface area contributed by atoms with E-state index in [1.54, 1.807) is 24.3 Å². The zero-order valence-corrected chi connectivity index (χ0v) is 13.0. The quantitative estimate of drug-likeness (QED) is 0.893. The molecule has 2 rings (SSSR count). The van der Waals surface area contributed by atoms with Crippen molar-refractivity contribution < 1.29 is 9.90 Å². The Bertz CT molecular complexity index is 630. The Morgan fingerprint density at radius 1 is 1.20 bits per heavy atom. The largest absolute Gasteiger partial charge is 0.508 e. The molecule has 20 heavy (non-hydrogen) atoms. The minimum absolute atomic E-state index is 0.139. The van der Waals surface area contributed by atoms with Crippen molar-refractivity contribution in [1.82, 2.24) is 0 Å². The van der Waals surface area contributed by atoms with Crippen LogP contribution in [0.5, 0.6) is 5.75 Å². The minimum atomic E-state index is -0.139. The molecule has 2 aromatic rings. The maximum atomic E-state index is 12.1. The van der Waals surface area contributed by atoms with Crippen molar-refractivity contribution in [2.75, 3.05) is 5.32 Å². The van der Waals surface area contributed by atoms with Crippen molar-refractivity contribution in [2.45, 2.75) is 20.3 Å². The van der Waals surface area contributed by atoms with E-state index in [-0.39, 0.29) is 18.1 Å². The summed E-state index contributed by atoms with van der Waals surface area (Å²) in [6.45, 7) is 3.90. The van der Waals surface area contributed by atoms with Gasteiger partial charge in [-0.15, -0.1) is 0 Å². The molecule has 0 aromatic heterocycles. The fraction of sp³-hybridized carbons (Fsp3) is 0.188. The number of nitrogens with one attached hydrogen (secondary N) is 1. The number of aromatic hydroxyl groups is 1. The van der Waals surface area contributed by atoms with Crippen LogP contribution in [0.2, 0.25) is 0 Å². The molecule has 104 valence electrons. The van der Waals surface area contributed by atoms with E-state index in [0.717, 1.165) is 21.3 Å². The number of rotatable bonds is 3. The Labute approximate surface area is 126 Å². The molecule has 0 radical (unpaired) electrons. The summed E-state index contributed by atoms with van der Waals surface area (Å²) in [5.41, 5.74) is 3.45. The molecule has 2 aromatic carbocycles. The van der Waals surface area contributed by atoms with Crippen LogP contribution in [-0.2, 0) is 11.2 Å². The van der Waals surface area contributed by atoms with E-state index >= 15 is 0 Å². The van der Waals surface area contributed by atoms with Crippen LogP contribution in [0.1, 0.15) is 16.7 Å². The van der Waals surface area contributed by atoms with E-state index in [9.17, 15) is 9.90 Å². The number of phenols is 1. The number of carbonyl (C=O) groups excluding carboxylic acids is 1. The minimum Gasteiger partial charge on any atom is -0.508 e. The predicted octanol–water partition coefficient (Wildman–Crippen LogP) is 3.95. The van der Waals surface area contributed by atoms with Gasteiger partial charge in [-0.3, -0.25) is 4.79 Å². The summed E-state index contributed by atoms with van der Waals surface area (Å²) in [6.07, 6.45) is 0.154. The Hall–Kier alpha value is -1.81. The number of benzene rings is 2. The lowest BCUT2D eigenvalue weighted by molar-refractivity contribution is -0.115. The fourth-order valence-corrected chi connectivity index (χ4v) is 2.81. The molecule has 4 heteroatoms. The van der Waals surface area contributed by atoms with Gasteiger partial charge in [-0.2, -0.15) is 0 Å². The van der Waals surface area contributed by atoms with Crippen molar-refractivity contribution in [1.29, 1.82) is 0 Å². The molecule has 0 fully saturated rings. The van der Waals surface area contributed by atoms with Gasteiger partial charge in [0.05, 0.1) is 6.42 Å². The molecule has 0 unspecified atom stereocenters. The van der Waals surface area contributed by atoms with E-state index in [1.807, 2.05) is 26.0 Å². The van der Waals surface area contributed by atoms with E-state index in [1.165, 1.54) is 0 Å². The number of halogens is 1. The molecular formula is C16H16BrNO2. The summed E-state index contributed by atoms with van der Waals surface area (Å²) in [6, 6.07) is 10.8. The molecule has 0 saturated carbocycles. The molecule has 1 amide bonds. The van der Waals surface area contributed by atoms with Gasteiger partial charge in [0.1, 0.15) is 5.75 Å². The summed E-state index contributed by atoms with van der Waals surface area (Å²) in [7, 11) is 0. The lowest BCUT2D eigenvalue weighted by Gasteiger charge is -2.12. The molecule has 2 N–H and O–H groups in total. The van der Waals surface area contributed by atoms with Gasteiger partial charge in [0, 0.05) is 15.7 Å². The maximum Gasteiger partial charge on any atom is 0.228 e. The third kappa shape index (κ3) is 3.39. The van der Waals surface area contributed by atoms with Crippen LogP contribution in [0.15, 0.2) is 40.9 Å². The van der Waals surface area contributed by atoms with Crippen LogP contribution in [-0.4, -0.2) is 11.0 Å². The SMILES string of the molecule is Cc1cc(Br)cc(C)c1NC(=O)Cc1ccccc1O. The first-order valence-corrected chi connectivity index (χ1v) is 7.10. The second kappa shape index (κ2) is 6.09. The standard InChI is InChI=1S/C16H16BrNO2/c1-10-7-13(17)8-11(2)16(10)18-15(20)9-12-5-3-4-6-14(12)19/h3-8,19H,9H2,1-2H3,(H,18,20). The Balaban J connectivity index is 2.15. The lowest BCUT2D eigenvalue weighted by Crippen LogP contribution is -2.16. The van der Waals surface area contributed by atoms with E-state index in [4.69, 9.17) is 0 Å². The summed E-state index contributed by atoms with van der Waals surface area (Å²) in [5.74, 6) is 0.00641. The molecule has 0 atom stereocenters. The van der Waals surface area contributed by atoms with Crippen LogP contribution in [0, 0.1) is 13.8 Å². The number of hydrogen-bond donors (Lipinski definition) is 2. The lowest BCUT2D eigenvalue weighted by atomic mass is 10.1. The molecule has 0 aliphatic rings. The maximum absolute atomic E-state index is 12.1. The van der Waals surface area contributed by atoms with Gasteiger partial charge in [-0.1, -0.05) is 34.1 Å². The number of carbonyl (C=O) groups is 1. The Morgan fingerprint density at radius 2 is 1.80 bits per heavy atom. The fourth-order valence-electron chi connectivity index (χ4n) is 2.12. The van der Waals surface area contributed by atoms with Gasteiger partial charge in [0.15, 0.2) is 0 Å². The highest BCUT2D eigenvalue weighted by Crippen LogP contribution is 2.25. The predicted molar refractivity (Wildman–Crippen MR) is 84.1 cm³/mol. The molecule has 0 heterocycles. The van der Waals surface area contributed by atoms with E-state index < -0.39 is 0 Å². The van der Waals surface area contributed by atoms with Gasteiger partial charge < -0.3 is 10.4 Å². The molecule has 3 nitrogen and oxygen atoms in total. The van der Waals surface area contributed by atoms with Gasteiger partial charge in [0.25, 0.3) is 0 Å². The zero-order chi connectivity index (χ0) is 14.7. The van der Waals surface area contributed by atoms with E-state index in [0.29, 0.717) is 5.56 Å². The highest BCUT2D eigenvalue weighted by Gasteiger charge is 2.11. The second-order valence-electron chi connectivity index (χ2n) is 4.77. The number of hydrogen-bond acceptors (Lipinski definition) is 2. The van der Waals surface area contributed by atoms with Gasteiger partial charge in [0.2, 0.25) is 5.91 Å². The third-order valence-corrected chi connectivity index (χ3v) is 3.56. The van der Waals surface area contributed by atoms with E-state index in [2.05, 4.69) is 21.2 Å². The van der Waals surface area contributed by atoms with Crippen molar-refractivity contribution in [3.8, 4) is 5.75 Å². The third-order valence-electron chi connectivity index (χ3n) is 3.10. The van der Waals surface area contributed by atoms with Gasteiger partial charge in [-0.05, 0) is 43.2 Å². The topological polar surface area (TPSA) is 49.3 Å². The zero-order valence-electron chi connectivity index (χ0n) is 11.4. The summed E-state index contributed by atoms with van der Waals surface area (Å²) in [5, 5.41) is 12.6. The van der Waals surface area contributed by atoms with Crippen LogP contribution in [0.3, 0.4) is 0 Å². The first-order chi connectivity index (χ1) is 9.47. The number of aryl methyl sites for hydroxylation is 2. The van der Waals surface area contributed by atoms with Crippen LogP contribution >= 0.6 is 15.9 Å². The average Bonchev–Trinajstić information content (AvgIpc) is 2.36. The van der Waals surface area contributed by atoms with Crippen molar-refractivity contribution >= 4 is 27.5 Å². The molecule has 0 bridgehead atoms. The molecule has 0 spiro atoms. The first kappa shape index (κ1) is 14.6.